The van der Waals surface area contributed by atoms with Gasteiger partial charge in [0.15, 0.2) is 0 Å². The lowest BCUT2D eigenvalue weighted by atomic mass is 10.0. The molecule has 0 unspecified atom stereocenters. The number of para-hydroxylation sites is 1. The molecule has 22 heavy (non-hydrogen) atoms. The van der Waals surface area contributed by atoms with Crippen LogP contribution in [0, 0.1) is 0 Å². The third-order valence-electron chi connectivity index (χ3n) is 3.43. The first-order chi connectivity index (χ1) is 10.6. The summed E-state index contributed by atoms with van der Waals surface area (Å²) in [5, 5.41) is 13.8. The molecular formula is C16H14ClN3O2. The number of hydrogen-bond donors (Lipinski definition) is 3. The average Bonchev–Trinajstić information content (AvgIpc) is 2.83. The van der Waals surface area contributed by atoms with Crippen molar-refractivity contribution in [2.75, 3.05) is 5.73 Å². The van der Waals surface area contributed by atoms with E-state index < -0.39 is 6.10 Å². The van der Waals surface area contributed by atoms with Gasteiger partial charge in [0, 0.05) is 5.02 Å². The highest BCUT2D eigenvalue weighted by Crippen LogP contribution is 2.24. The van der Waals surface area contributed by atoms with Crippen molar-refractivity contribution in [2.24, 2.45) is 0 Å². The zero-order valence-corrected chi connectivity index (χ0v) is 12.3. The fourth-order valence-electron chi connectivity index (χ4n) is 2.30. The van der Waals surface area contributed by atoms with Gasteiger partial charge in [0.05, 0.1) is 11.3 Å². The Balaban J connectivity index is 2.07. The maximum Gasteiger partial charge on any atom is 0.279 e. The van der Waals surface area contributed by atoms with Crippen molar-refractivity contribution >= 4 is 17.4 Å². The monoisotopic (exact) mass is 315 g/mol. The fourth-order valence-corrected chi connectivity index (χ4v) is 2.43. The van der Waals surface area contributed by atoms with Crippen molar-refractivity contribution in [3.8, 4) is 5.69 Å². The molecule has 3 rings (SSSR count). The van der Waals surface area contributed by atoms with E-state index >= 15 is 0 Å². The number of nitrogens with one attached hydrogen (secondary N) is 1. The first-order valence-corrected chi connectivity index (χ1v) is 7.05. The molecule has 0 saturated carbocycles. The summed E-state index contributed by atoms with van der Waals surface area (Å²) >= 11 is 5.83. The van der Waals surface area contributed by atoms with Gasteiger partial charge in [-0.2, -0.15) is 0 Å². The number of aliphatic hydroxyl groups is 1. The Morgan fingerprint density at radius 3 is 2.36 bits per heavy atom. The molecule has 0 bridgehead atoms. The van der Waals surface area contributed by atoms with Gasteiger partial charge in [-0.3, -0.25) is 9.89 Å². The second-order valence-electron chi connectivity index (χ2n) is 4.87. The second kappa shape index (κ2) is 5.71. The standard InChI is InChI=1S/C16H14ClN3O2/c17-11-8-6-10(7-9-11)14(21)13-15(18)19-20(16(13)22)12-4-2-1-3-5-12/h1-9,14,19,21H,18H2/t14-/m1/s1. The zero-order valence-electron chi connectivity index (χ0n) is 11.5. The van der Waals surface area contributed by atoms with E-state index in [4.69, 9.17) is 17.3 Å². The minimum Gasteiger partial charge on any atom is -0.384 e. The van der Waals surface area contributed by atoms with Crippen LogP contribution in [0.3, 0.4) is 0 Å². The molecule has 1 aromatic heterocycles. The number of rotatable bonds is 3. The topological polar surface area (TPSA) is 84.0 Å². The Bertz CT molecular complexity index is 838. The van der Waals surface area contributed by atoms with Gasteiger partial charge in [0.2, 0.25) is 0 Å². The number of halogens is 1. The minimum absolute atomic E-state index is 0.117. The molecular weight excluding hydrogens is 302 g/mol. The Morgan fingerprint density at radius 2 is 1.73 bits per heavy atom. The van der Waals surface area contributed by atoms with E-state index in [1.807, 2.05) is 18.2 Å². The number of nitrogens with zero attached hydrogens (tertiary/aromatic N) is 1. The summed E-state index contributed by atoms with van der Waals surface area (Å²) in [7, 11) is 0. The predicted octanol–water partition coefficient (Wildman–Crippen LogP) is 2.48. The summed E-state index contributed by atoms with van der Waals surface area (Å²) in [4.78, 5) is 12.5. The average molecular weight is 316 g/mol. The quantitative estimate of drug-likeness (QED) is 0.694. The fraction of sp³-hybridized carbons (Fsp3) is 0.0625. The largest absolute Gasteiger partial charge is 0.384 e. The molecule has 6 heteroatoms. The highest BCUT2D eigenvalue weighted by atomic mass is 35.5. The number of nitrogens with two attached hydrogens (primary N) is 1. The lowest BCUT2D eigenvalue weighted by Crippen LogP contribution is -2.19. The van der Waals surface area contributed by atoms with Crippen LogP contribution < -0.4 is 11.3 Å². The van der Waals surface area contributed by atoms with E-state index in [0.29, 0.717) is 16.3 Å². The summed E-state index contributed by atoms with van der Waals surface area (Å²) in [6, 6.07) is 15.6. The van der Waals surface area contributed by atoms with Crippen LogP contribution in [0.2, 0.25) is 5.02 Å². The lowest BCUT2D eigenvalue weighted by molar-refractivity contribution is 0.220. The number of benzene rings is 2. The molecule has 0 saturated heterocycles. The molecule has 5 nitrogen and oxygen atoms in total. The molecule has 0 aliphatic carbocycles. The minimum atomic E-state index is -1.12. The SMILES string of the molecule is Nc1[nH]n(-c2ccccc2)c(=O)c1[C@H](O)c1ccc(Cl)cc1. The second-order valence-corrected chi connectivity index (χ2v) is 5.31. The number of aromatic amines is 1. The number of aromatic nitrogens is 2. The van der Waals surface area contributed by atoms with E-state index in [1.54, 1.807) is 36.4 Å². The lowest BCUT2D eigenvalue weighted by Gasteiger charge is -2.09. The van der Waals surface area contributed by atoms with Crippen LogP contribution in [-0.2, 0) is 0 Å². The van der Waals surface area contributed by atoms with Gasteiger partial charge < -0.3 is 10.8 Å². The van der Waals surface area contributed by atoms with Crippen LogP contribution in [-0.4, -0.2) is 14.9 Å². The molecule has 112 valence electrons. The van der Waals surface area contributed by atoms with Gasteiger partial charge in [-0.1, -0.05) is 41.9 Å². The van der Waals surface area contributed by atoms with Crippen LogP contribution in [0.4, 0.5) is 5.82 Å². The van der Waals surface area contributed by atoms with Crippen LogP contribution in [0.15, 0.2) is 59.4 Å². The molecule has 0 radical (unpaired) electrons. The molecule has 0 fully saturated rings. The van der Waals surface area contributed by atoms with E-state index in [9.17, 15) is 9.90 Å². The summed E-state index contributed by atoms with van der Waals surface area (Å²) in [5.41, 5.74) is 6.81. The summed E-state index contributed by atoms with van der Waals surface area (Å²) < 4.78 is 1.31. The third-order valence-corrected chi connectivity index (χ3v) is 3.68. The molecule has 1 heterocycles. The number of nitrogen functional groups attached to an aromatic ring is 1. The van der Waals surface area contributed by atoms with Crippen LogP contribution in [0.1, 0.15) is 17.2 Å². The number of aliphatic hydroxyl groups excluding tert-OH is 1. The Labute approximate surface area is 131 Å². The first kappa shape index (κ1) is 14.4. The zero-order chi connectivity index (χ0) is 15.7. The van der Waals surface area contributed by atoms with E-state index in [2.05, 4.69) is 5.10 Å². The highest BCUT2D eigenvalue weighted by Gasteiger charge is 2.22. The van der Waals surface area contributed by atoms with Crippen molar-refractivity contribution in [2.45, 2.75) is 6.10 Å². The van der Waals surface area contributed by atoms with Gasteiger partial charge in [0.25, 0.3) is 5.56 Å². The van der Waals surface area contributed by atoms with Crippen molar-refractivity contribution in [1.82, 2.24) is 9.78 Å². The van der Waals surface area contributed by atoms with Gasteiger partial charge in [-0.15, -0.1) is 0 Å². The molecule has 0 amide bonds. The smallest absolute Gasteiger partial charge is 0.279 e. The Hall–Kier alpha value is -2.50. The molecule has 0 aliphatic rings. The molecule has 2 aromatic carbocycles. The molecule has 0 spiro atoms. The Morgan fingerprint density at radius 1 is 1.09 bits per heavy atom. The van der Waals surface area contributed by atoms with Crippen molar-refractivity contribution in [3.63, 3.8) is 0 Å². The number of hydrogen-bond acceptors (Lipinski definition) is 3. The van der Waals surface area contributed by atoms with Gasteiger partial charge >= 0.3 is 0 Å². The van der Waals surface area contributed by atoms with E-state index in [1.165, 1.54) is 4.68 Å². The van der Waals surface area contributed by atoms with Crippen molar-refractivity contribution in [1.29, 1.82) is 0 Å². The van der Waals surface area contributed by atoms with Crippen LogP contribution >= 0.6 is 11.6 Å². The summed E-state index contributed by atoms with van der Waals surface area (Å²) in [6.07, 6.45) is -1.12. The van der Waals surface area contributed by atoms with Crippen molar-refractivity contribution < 1.29 is 5.11 Å². The summed E-state index contributed by atoms with van der Waals surface area (Å²) in [5.74, 6) is 0.135. The number of anilines is 1. The van der Waals surface area contributed by atoms with E-state index in [-0.39, 0.29) is 16.9 Å². The third kappa shape index (κ3) is 2.52. The first-order valence-electron chi connectivity index (χ1n) is 6.67. The Kier molecular flexibility index (Phi) is 3.75. The molecule has 1 atom stereocenters. The van der Waals surface area contributed by atoms with Crippen LogP contribution in [0.25, 0.3) is 5.69 Å². The molecule has 0 aliphatic heterocycles. The summed E-state index contributed by atoms with van der Waals surface area (Å²) in [6.45, 7) is 0. The van der Waals surface area contributed by atoms with Crippen molar-refractivity contribution in [3.05, 3.63) is 81.1 Å². The maximum atomic E-state index is 12.5. The van der Waals surface area contributed by atoms with Gasteiger partial charge in [0.1, 0.15) is 11.9 Å². The highest BCUT2D eigenvalue weighted by molar-refractivity contribution is 6.30. The van der Waals surface area contributed by atoms with Gasteiger partial charge in [-0.05, 0) is 29.8 Å². The normalized spacial score (nSPS) is 12.3. The molecule has 4 N–H and O–H groups in total. The predicted molar refractivity (Wildman–Crippen MR) is 86.3 cm³/mol. The maximum absolute atomic E-state index is 12.5. The van der Waals surface area contributed by atoms with Gasteiger partial charge in [-0.25, -0.2) is 4.68 Å². The van der Waals surface area contributed by atoms with Crippen LogP contribution in [0.5, 0.6) is 0 Å². The molecule has 3 aromatic rings. The van der Waals surface area contributed by atoms with E-state index in [0.717, 1.165) is 0 Å². The number of H-pyrrole nitrogens is 1.